The highest BCUT2D eigenvalue weighted by molar-refractivity contribution is 9.10. The Balaban J connectivity index is 2.20. The SMILES string of the molecule is CCCCc1n[nH]c(=S)n1/N=C\c1ccc(OCC)c(Br)c1. The molecular weight excluding hydrogens is 364 g/mol. The summed E-state index contributed by atoms with van der Waals surface area (Å²) in [5.74, 6) is 1.68. The van der Waals surface area contributed by atoms with Crippen molar-refractivity contribution in [3.63, 3.8) is 0 Å². The number of ether oxygens (including phenoxy) is 1. The van der Waals surface area contributed by atoms with Crippen molar-refractivity contribution in [2.45, 2.75) is 33.1 Å². The fourth-order valence-corrected chi connectivity index (χ4v) is 2.64. The number of aromatic nitrogens is 3. The van der Waals surface area contributed by atoms with Crippen LogP contribution in [-0.2, 0) is 6.42 Å². The molecule has 0 aliphatic rings. The van der Waals surface area contributed by atoms with Crippen molar-refractivity contribution in [2.24, 2.45) is 5.10 Å². The average Bonchev–Trinajstić information content (AvgIpc) is 2.86. The summed E-state index contributed by atoms with van der Waals surface area (Å²) >= 11 is 8.72. The Labute approximate surface area is 143 Å². The van der Waals surface area contributed by atoms with Crippen LogP contribution < -0.4 is 4.74 Å². The van der Waals surface area contributed by atoms with Crippen LogP contribution in [0.4, 0.5) is 0 Å². The normalized spacial score (nSPS) is 11.2. The highest BCUT2D eigenvalue weighted by atomic mass is 79.9. The predicted octanol–water partition coefficient (Wildman–Crippen LogP) is 4.33. The highest BCUT2D eigenvalue weighted by Crippen LogP contribution is 2.25. The van der Waals surface area contributed by atoms with Crippen LogP contribution in [0.5, 0.6) is 5.75 Å². The molecule has 7 heteroatoms. The fraction of sp³-hybridized carbons (Fsp3) is 0.400. The minimum atomic E-state index is 0.507. The first kappa shape index (κ1) is 16.9. The first-order chi connectivity index (χ1) is 10.7. The Morgan fingerprint density at radius 1 is 1.45 bits per heavy atom. The summed E-state index contributed by atoms with van der Waals surface area (Å²) in [6, 6.07) is 5.83. The summed E-state index contributed by atoms with van der Waals surface area (Å²) in [6.07, 6.45) is 4.79. The molecule has 2 rings (SSSR count). The van der Waals surface area contributed by atoms with Gasteiger partial charge in [-0.05, 0) is 65.3 Å². The van der Waals surface area contributed by atoms with E-state index < -0.39 is 0 Å². The van der Waals surface area contributed by atoms with Gasteiger partial charge >= 0.3 is 0 Å². The molecule has 5 nitrogen and oxygen atoms in total. The van der Waals surface area contributed by atoms with Gasteiger partial charge in [-0.3, -0.25) is 5.10 Å². The molecule has 0 saturated carbocycles. The lowest BCUT2D eigenvalue weighted by Gasteiger charge is -2.06. The van der Waals surface area contributed by atoms with Gasteiger partial charge in [-0.1, -0.05) is 13.3 Å². The lowest BCUT2D eigenvalue weighted by molar-refractivity contribution is 0.338. The molecule has 1 heterocycles. The lowest BCUT2D eigenvalue weighted by Crippen LogP contribution is -1.99. The minimum Gasteiger partial charge on any atom is -0.493 e. The lowest BCUT2D eigenvalue weighted by atomic mass is 10.2. The molecule has 1 N–H and O–H groups in total. The number of nitrogens with one attached hydrogen (secondary N) is 1. The van der Waals surface area contributed by atoms with E-state index in [0.29, 0.717) is 11.4 Å². The van der Waals surface area contributed by atoms with E-state index in [2.05, 4.69) is 38.2 Å². The number of hydrogen-bond donors (Lipinski definition) is 1. The summed E-state index contributed by atoms with van der Waals surface area (Å²) in [5.41, 5.74) is 0.958. The number of halogens is 1. The largest absolute Gasteiger partial charge is 0.493 e. The molecule has 0 aliphatic carbocycles. The zero-order chi connectivity index (χ0) is 15.9. The fourth-order valence-electron chi connectivity index (χ4n) is 1.93. The first-order valence-electron chi connectivity index (χ1n) is 7.28. The molecule has 1 aromatic heterocycles. The zero-order valence-corrected chi connectivity index (χ0v) is 15.1. The second kappa shape index (κ2) is 8.24. The topological polar surface area (TPSA) is 55.2 Å². The van der Waals surface area contributed by atoms with Crippen LogP contribution in [-0.4, -0.2) is 27.7 Å². The average molecular weight is 383 g/mol. The maximum atomic E-state index is 5.50. The van der Waals surface area contributed by atoms with E-state index in [0.717, 1.165) is 40.9 Å². The van der Waals surface area contributed by atoms with Crippen LogP contribution in [0.1, 0.15) is 38.1 Å². The summed E-state index contributed by atoms with van der Waals surface area (Å²) in [6.45, 7) is 4.74. The van der Waals surface area contributed by atoms with Crippen LogP contribution in [0.3, 0.4) is 0 Å². The van der Waals surface area contributed by atoms with Crippen LogP contribution in [0, 0.1) is 4.77 Å². The van der Waals surface area contributed by atoms with Gasteiger partial charge in [0.15, 0.2) is 5.82 Å². The van der Waals surface area contributed by atoms with Crippen molar-refractivity contribution in [3.05, 3.63) is 38.8 Å². The summed E-state index contributed by atoms with van der Waals surface area (Å²) in [5, 5.41) is 11.5. The van der Waals surface area contributed by atoms with E-state index in [-0.39, 0.29) is 0 Å². The summed E-state index contributed by atoms with van der Waals surface area (Å²) in [4.78, 5) is 0. The van der Waals surface area contributed by atoms with Gasteiger partial charge in [0.1, 0.15) is 5.75 Å². The Bertz CT molecular complexity index is 708. The minimum absolute atomic E-state index is 0.507. The molecule has 22 heavy (non-hydrogen) atoms. The van der Waals surface area contributed by atoms with Gasteiger partial charge in [-0.25, -0.2) is 0 Å². The number of hydrogen-bond acceptors (Lipinski definition) is 4. The smallest absolute Gasteiger partial charge is 0.216 e. The quantitative estimate of drug-likeness (QED) is 0.572. The van der Waals surface area contributed by atoms with Crippen LogP contribution in [0.25, 0.3) is 0 Å². The Hall–Kier alpha value is -1.47. The van der Waals surface area contributed by atoms with Gasteiger partial charge in [-0.15, -0.1) is 0 Å². The number of aryl methyl sites for hydroxylation is 1. The maximum absolute atomic E-state index is 5.50. The monoisotopic (exact) mass is 382 g/mol. The molecule has 0 spiro atoms. The maximum Gasteiger partial charge on any atom is 0.216 e. The number of unbranched alkanes of at least 4 members (excludes halogenated alkanes) is 1. The molecule has 0 unspecified atom stereocenters. The Kier molecular flexibility index (Phi) is 6.33. The van der Waals surface area contributed by atoms with Gasteiger partial charge in [0.25, 0.3) is 0 Å². The molecule has 0 fully saturated rings. The number of aromatic amines is 1. The third-order valence-corrected chi connectivity index (χ3v) is 3.93. The Morgan fingerprint density at radius 3 is 2.95 bits per heavy atom. The molecule has 0 radical (unpaired) electrons. The molecule has 0 aliphatic heterocycles. The number of benzene rings is 1. The van der Waals surface area contributed by atoms with E-state index in [4.69, 9.17) is 17.0 Å². The predicted molar refractivity (Wildman–Crippen MR) is 94.3 cm³/mol. The van der Waals surface area contributed by atoms with Crippen molar-refractivity contribution in [1.82, 2.24) is 14.9 Å². The second-order valence-corrected chi connectivity index (χ2v) is 5.97. The third kappa shape index (κ3) is 4.27. The van der Waals surface area contributed by atoms with Crippen molar-refractivity contribution in [1.29, 1.82) is 0 Å². The van der Waals surface area contributed by atoms with Crippen molar-refractivity contribution in [2.75, 3.05) is 6.61 Å². The van der Waals surface area contributed by atoms with Gasteiger partial charge in [0, 0.05) is 6.42 Å². The first-order valence-corrected chi connectivity index (χ1v) is 8.48. The van der Waals surface area contributed by atoms with Crippen molar-refractivity contribution < 1.29 is 4.74 Å². The summed E-state index contributed by atoms with van der Waals surface area (Å²) in [7, 11) is 0. The van der Waals surface area contributed by atoms with Crippen molar-refractivity contribution in [3.8, 4) is 5.75 Å². The standard InChI is InChI=1S/C15H19BrN4OS/c1-3-5-6-14-18-19-15(22)20(14)17-10-11-7-8-13(21-4-2)12(16)9-11/h7-10H,3-6H2,1-2H3,(H,19,22)/b17-10-. The molecule has 0 bridgehead atoms. The van der Waals surface area contributed by atoms with Crippen LogP contribution >= 0.6 is 28.1 Å². The van der Waals surface area contributed by atoms with Crippen molar-refractivity contribution >= 4 is 34.4 Å². The van der Waals surface area contributed by atoms with Gasteiger partial charge in [0.05, 0.1) is 17.3 Å². The van der Waals surface area contributed by atoms with Gasteiger partial charge in [-0.2, -0.15) is 14.9 Å². The van der Waals surface area contributed by atoms with Gasteiger partial charge < -0.3 is 4.74 Å². The van der Waals surface area contributed by atoms with Crippen LogP contribution in [0.2, 0.25) is 0 Å². The Morgan fingerprint density at radius 2 is 2.27 bits per heavy atom. The van der Waals surface area contributed by atoms with E-state index in [9.17, 15) is 0 Å². The number of rotatable bonds is 7. The molecule has 118 valence electrons. The second-order valence-electron chi connectivity index (χ2n) is 4.73. The van der Waals surface area contributed by atoms with E-state index >= 15 is 0 Å². The van der Waals surface area contributed by atoms with E-state index in [1.807, 2.05) is 25.1 Å². The number of H-pyrrole nitrogens is 1. The molecule has 1 aromatic carbocycles. The third-order valence-electron chi connectivity index (χ3n) is 3.05. The molecular formula is C15H19BrN4OS. The van der Waals surface area contributed by atoms with E-state index in [1.54, 1.807) is 10.9 Å². The van der Waals surface area contributed by atoms with Crippen LogP contribution in [0.15, 0.2) is 27.8 Å². The number of nitrogens with zero attached hydrogens (tertiary/aromatic N) is 3. The molecule has 2 aromatic rings. The molecule has 0 amide bonds. The van der Waals surface area contributed by atoms with Gasteiger partial charge in [0.2, 0.25) is 4.77 Å². The highest BCUT2D eigenvalue weighted by Gasteiger charge is 2.05. The zero-order valence-electron chi connectivity index (χ0n) is 12.7. The molecule has 0 atom stereocenters. The summed E-state index contributed by atoms with van der Waals surface area (Å²) < 4.78 is 8.58. The van der Waals surface area contributed by atoms with E-state index in [1.165, 1.54) is 0 Å². The molecule has 0 saturated heterocycles.